The average molecular weight is 375 g/mol. The third kappa shape index (κ3) is 6.96. The van der Waals surface area contributed by atoms with Crippen molar-refractivity contribution in [3.05, 3.63) is 64.7 Å². The van der Waals surface area contributed by atoms with Crippen LogP contribution in [0.25, 0.3) is 0 Å². The number of carbonyl (C=O) groups excluding carboxylic acids is 1. The predicted molar refractivity (Wildman–Crippen MR) is 107 cm³/mol. The van der Waals surface area contributed by atoms with E-state index in [9.17, 15) is 4.79 Å². The van der Waals surface area contributed by atoms with Crippen LogP contribution in [0, 0.1) is 0 Å². The number of hydrogen-bond donors (Lipinski definition) is 2. The minimum absolute atomic E-state index is 0.128. The number of hydrogen-bond acceptors (Lipinski definition) is 2. The molecule has 2 aromatic rings. The standard InChI is InChI=1S/C21H27ClN2O2/c1-21(2,3)17-7-9-19(10-8-17)26-14-13-24-20(25)23-12-11-16-5-4-6-18(22)15-16/h4-10,15H,11-14H2,1-3H3,(H2,23,24,25). The Morgan fingerprint density at radius 1 is 1.04 bits per heavy atom. The molecule has 0 bridgehead atoms. The molecule has 5 heteroatoms. The molecule has 0 aromatic heterocycles. The predicted octanol–water partition coefficient (Wildman–Crippen LogP) is 4.56. The quantitative estimate of drug-likeness (QED) is 0.698. The molecule has 0 saturated heterocycles. The van der Waals surface area contributed by atoms with Gasteiger partial charge in [0.15, 0.2) is 0 Å². The van der Waals surface area contributed by atoms with Gasteiger partial charge in [-0.25, -0.2) is 4.79 Å². The summed E-state index contributed by atoms with van der Waals surface area (Å²) in [6.07, 6.45) is 0.741. The van der Waals surface area contributed by atoms with E-state index in [4.69, 9.17) is 16.3 Å². The molecule has 2 rings (SSSR count). The minimum Gasteiger partial charge on any atom is -0.492 e. The Bertz CT molecular complexity index is 709. The first-order valence-corrected chi connectivity index (χ1v) is 9.22. The van der Waals surface area contributed by atoms with E-state index in [1.807, 2.05) is 36.4 Å². The van der Waals surface area contributed by atoms with Gasteiger partial charge in [0.1, 0.15) is 12.4 Å². The second kappa shape index (κ2) is 9.48. The third-order valence-corrected chi connectivity index (χ3v) is 4.20. The van der Waals surface area contributed by atoms with Gasteiger partial charge < -0.3 is 15.4 Å². The second-order valence-corrected chi connectivity index (χ2v) is 7.62. The van der Waals surface area contributed by atoms with Gasteiger partial charge in [0.25, 0.3) is 0 Å². The Morgan fingerprint density at radius 2 is 1.73 bits per heavy atom. The van der Waals surface area contributed by atoms with Gasteiger partial charge in [0.05, 0.1) is 6.54 Å². The lowest BCUT2D eigenvalue weighted by Gasteiger charge is -2.19. The van der Waals surface area contributed by atoms with Gasteiger partial charge in [0, 0.05) is 11.6 Å². The number of amides is 2. The van der Waals surface area contributed by atoms with Crippen LogP contribution in [0.5, 0.6) is 5.75 Å². The summed E-state index contributed by atoms with van der Waals surface area (Å²) in [6.45, 7) is 7.97. The normalized spacial score (nSPS) is 11.1. The van der Waals surface area contributed by atoms with E-state index >= 15 is 0 Å². The summed E-state index contributed by atoms with van der Waals surface area (Å²) in [5.74, 6) is 0.807. The largest absolute Gasteiger partial charge is 0.492 e. The molecule has 4 nitrogen and oxygen atoms in total. The molecule has 0 fully saturated rings. The highest BCUT2D eigenvalue weighted by atomic mass is 35.5. The van der Waals surface area contributed by atoms with Crippen LogP contribution in [0.4, 0.5) is 4.79 Å². The van der Waals surface area contributed by atoms with Crippen LogP contribution in [0.1, 0.15) is 31.9 Å². The molecule has 0 spiro atoms. The minimum atomic E-state index is -0.196. The summed E-state index contributed by atoms with van der Waals surface area (Å²) in [5, 5.41) is 6.32. The number of benzene rings is 2. The average Bonchev–Trinajstić information content (AvgIpc) is 2.58. The Balaban J connectivity index is 1.61. The van der Waals surface area contributed by atoms with Crippen molar-refractivity contribution >= 4 is 17.6 Å². The Hall–Kier alpha value is -2.20. The molecule has 2 N–H and O–H groups in total. The maximum absolute atomic E-state index is 11.8. The van der Waals surface area contributed by atoms with Gasteiger partial charge >= 0.3 is 6.03 Å². The van der Waals surface area contributed by atoms with E-state index in [0.717, 1.165) is 17.7 Å². The van der Waals surface area contributed by atoms with Crippen molar-refractivity contribution in [2.75, 3.05) is 19.7 Å². The van der Waals surface area contributed by atoms with Crippen LogP contribution in [-0.4, -0.2) is 25.7 Å². The van der Waals surface area contributed by atoms with Crippen LogP contribution in [-0.2, 0) is 11.8 Å². The molecule has 0 saturated carbocycles. The monoisotopic (exact) mass is 374 g/mol. The summed E-state index contributed by atoms with van der Waals surface area (Å²) in [4.78, 5) is 11.8. The first-order chi connectivity index (χ1) is 12.3. The first kappa shape index (κ1) is 20.1. The molecule has 0 aliphatic carbocycles. The molecule has 0 unspecified atom stereocenters. The first-order valence-electron chi connectivity index (χ1n) is 8.84. The maximum atomic E-state index is 11.8. The van der Waals surface area contributed by atoms with Crippen molar-refractivity contribution in [2.45, 2.75) is 32.6 Å². The smallest absolute Gasteiger partial charge is 0.314 e. The molecule has 0 aliphatic heterocycles. The topological polar surface area (TPSA) is 50.4 Å². The number of urea groups is 1. The number of rotatable bonds is 7. The number of halogens is 1. The van der Waals surface area contributed by atoms with E-state index in [1.54, 1.807) is 0 Å². The van der Waals surface area contributed by atoms with Crippen LogP contribution in [0.2, 0.25) is 5.02 Å². The summed E-state index contributed by atoms with van der Waals surface area (Å²) >= 11 is 5.94. The summed E-state index contributed by atoms with van der Waals surface area (Å²) in [7, 11) is 0. The van der Waals surface area contributed by atoms with Gasteiger partial charge in [0.2, 0.25) is 0 Å². The highest BCUT2D eigenvalue weighted by Gasteiger charge is 2.12. The lowest BCUT2D eigenvalue weighted by molar-refractivity contribution is 0.236. The highest BCUT2D eigenvalue weighted by molar-refractivity contribution is 6.30. The van der Waals surface area contributed by atoms with E-state index in [0.29, 0.717) is 24.7 Å². The number of carbonyl (C=O) groups is 1. The molecular weight excluding hydrogens is 348 g/mol. The van der Waals surface area contributed by atoms with Crippen molar-refractivity contribution in [1.82, 2.24) is 10.6 Å². The fraction of sp³-hybridized carbons (Fsp3) is 0.381. The molecule has 2 aromatic carbocycles. The summed E-state index contributed by atoms with van der Waals surface area (Å²) in [5.41, 5.74) is 2.49. The SMILES string of the molecule is CC(C)(C)c1ccc(OCCNC(=O)NCCc2cccc(Cl)c2)cc1. The van der Waals surface area contributed by atoms with Gasteiger partial charge in [-0.2, -0.15) is 0 Å². The molecule has 0 atom stereocenters. The molecule has 26 heavy (non-hydrogen) atoms. The lowest BCUT2D eigenvalue weighted by atomic mass is 9.87. The Kier molecular flexibility index (Phi) is 7.34. The van der Waals surface area contributed by atoms with Crippen molar-refractivity contribution in [3.8, 4) is 5.75 Å². The molecule has 0 heterocycles. The molecular formula is C21H27ClN2O2. The zero-order valence-electron chi connectivity index (χ0n) is 15.6. The van der Waals surface area contributed by atoms with Crippen molar-refractivity contribution in [1.29, 1.82) is 0 Å². The maximum Gasteiger partial charge on any atom is 0.314 e. The van der Waals surface area contributed by atoms with Crippen LogP contribution >= 0.6 is 11.6 Å². The van der Waals surface area contributed by atoms with Crippen LogP contribution < -0.4 is 15.4 Å². The summed E-state index contributed by atoms with van der Waals surface area (Å²) in [6, 6.07) is 15.5. The highest BCUT2D eigenvalue weighted by Crippen LogP contribution is 2.24. The fourth-order valence-corrected chi connectivity index (χ4v) is 2.67. The van der Waals surface area contributed by atoms with Crippen molar-refractivity contribution in [3.63, 3.8) is 0 Å². The van der Waals surface area contributed by atoms with Gasteiger partial charge in [-0.15, -0.1) is 0 Å². The van der Waals surface area contributed by atoms with Crippen LogP contribution in [0.3, 0.4) is 0 Å². The van der Waals surface area contributed by atoms with Crippen molar-refractivity contribution in [2.24, 2.45) is 0 Å². The van der Waals surface area contributed by atoms with Gasteiger partial charge in [-0.3, -0.25) is 0 Å². The van der Waals surface area contributed by atoms with Gasteiger partial charge in [-0.1, -0.05) is 56.6 Å². The molecule has 140 valence electrons. The fourth-order valence-electron chi connectivity index (χ4n) is 2.46. The Labute approximate surface area is 160 Å². The zero-order chi connectivity index (χ0) is 19.0. The second-order valence-electron chi connectivity index (χ2n) is 7.19. The van der Waals surface area contributed by atoms with Crippen molar-refractivity contribution < 1.29 is 9.53 Å². The number of ether oxygens (including phenoxy) is 1. The zero-order valence-corrected chi connectivity index (χ0v) is 16.4. The Morgan fingerprint density at radius 3 is 2.38 bits per heavy atom. The summed E-state index contributed by atoms with van der Waals surface area (Å²) < 4.78 is 5.65. The number of nitrogens with one attached hydrogen (secondary N) is 2. The van der Waals surface area contributed by atoms with Gasteiger partial charge in [-0.05, 0) is 47.2 Å². The van der Waals surface area contributed by atoms with E-state index in [2.05, 4.69) is 43.5 Å². The molecule has 2 amide bonds. The molecule has 0 radical (unpaired) electrons. The van der Waals surface area contributed by atoms with E-state index in [-0.39, 0.29) is 11.4 Å². The van der Waals surface area contributed by atoms with E-state index in [1.165, 1.54) is 5.56 Å². The lowest BCUT2D eigenvalue weighted by Crippen LogP contribution is -2.38. The third-order valence-electron chi connectivity index (χ3n) is 3.96. The van der Waals surface area contributed by atoms with Crippen LogP contribution in [0.15, 0.2) is 48.5 Å². The van der Waals surface area contributed by atoms with E-state index < -0.39 is 0 Å². The molecule has 0 aliphatic rings.